The van der Waals surface area contributed by atoms with Crippen LogP contribution >= 0.6 is 0 Å². The largest absolute Gasteiger partial charge is 0.490 e. The SMILES string of the molecule is CN1CCOc2cc(/C=C/C(=O)O)ccc21. The van der Waals surface area contributed by atoms with Crippen LogP contribution < -0.4 is 9.64 Å². The summed E-state index contributed by atoms with van der Waals surface area (Å²) in [7, 11) is 2.01. The van der Waals surface area contributed by atoms with Crippen molar-refractivity contribution >= 4 is 17.7 Å². The summed E-state index contributed by atoms with van der Waals surface area (Å²) >= 11 is 0. The molecule has 1 heterocycles. The Bertz CT molecular complexity index is 440. The smallest absolute Gasteiger partial charge is 0.328 e. The highest BCUT2D eigenvalue weighted by Crippen LogP contribution is 2.31. The summed E-state index contributed by atoms with van der Waals surface area (Å²) in [5.74, 6) is -0.142. The number of ether oxygens (including phenoxy) is 1. The lowest BCUT2D eigenvalue weighted by molar-refractivity contribution is -0.131. The van der Waals surface area contributed by atoms with Crippen LogP contribution in [-0.2, 0) is 4.79 Å². The number of fused-ring (bicyclic) bond motifs is 1. The topological polar surface area (TPSA) is 49.8 Å². The van der Waals surface area contributed by atoms with Crippen LogP contribution in [0.1, 0.15) is 5.56 Å². The molecule has 0 spiro atoms. The molecule has 0 amide bonds. The second kappa shape index (κ2) is 4.26. The number of hydrogen-bond donors (Lipinski definition) is 1. The fourth-order valence-corrected chi connectivity index (χ4v) is 1.65. The molecule has 1 aliphatic heterocycles. The number of carboxylic acids is 1. The Balaban J connectivity index is 2.28. The molecule has 1 aliphatic rings. The zero-order chi connectivity index (χ0) is 11.5. The molecule has 0 bridgehead atoms. The predicted molar refractivity (Wildman–Crippen MR) is 61.9 cm³/mol. The first-order valence-electron chi connectivity index (χ1n) is 5.06. The van der Waals surface area contributed by atoms with Gasteiger partial charge in [0.25, 0.3) is 0 Å². The normalized spacial score (nSPS) is 14.7. The maximum absolute atomic E-state index is 10.4. The van der Waals surface area contributed by atoms with Gasteiger partial charge >= 0.3 is 5.97 Å². The van der Waals surface area contributed by atoms with Crippen LogP contribution in [0.4, 0.5) is 5.69 Å². The summed E-state index contributed by atoms with van der Waals surface area (Å²) in [6.07, 6.45) is 2.68. The number of rotatable bonds is 2. The first kappa shape index (κ1) is 10.5. The van der Waals surface area contributed by atoms with Gasteiger partial charge in [-0.15, -0.1) is 0 Å². The molecule has 0 saturated carbocycles. The maximum atomic E-state index is 10.4. The zero-order valence-corrected chi connectivity index (χ0v) is 9.01. The molecule has 0 aromatic heterocycles. The summed E-state index contributed by atoms with van der Waals surface area (Å²) in [6.45, 7) is 1.53. The van der Waals surface area contributed by atoms with E-state index in [0.29, 0.717) is 6.61 Å². The van der Waals surface area contributed by atoms with Gasteiger partial charge in [0.1, 0.15) is 12.4 Å². The highest BCUT2D eigenvalue weighted by atomic mass is 16.5. The number of aliphatic carboxylic acids is 1. The molecular formula is C12H13NO3. The van der Waals surface area contributed by atoms with E-state index in [9.17, 15) is 4.79 Å². The standard InChI is InChI=1S/C12H13NO3/c1-13-6-7-16-11-8-9(2-4-10(11)13)3-5-12(14)15/h2-5,8H,6-7H2,1H3,(H,14,15)/b5-3+. The van der Waals surface area contributed by atoms with Gasteiger partial charge in [0.05, 0.1) is 12.2 Å². The van der Waals surface area contributed by atoms with E-state index in [4.69, 9.17) is 9.84 Å². The first-order chi connectivity index (χ1) is 7.66. The first-order valence-corrected chi connectivity index (χ1v) is 5.06. The summed E-state index contributed by atoms with van der Waals surface area (Å²) in [6, 6.07) is 5.67. The Labute approximate surface area is 93.8 Å². The monoisotopic (exact) mass is 219 g/mol. The number of hydrogen-bond acceptors (Lipinski definition) is 3. The van der Waals surface area contributed by atoms with Crippen LogP contribution in [0.15, 0.2) is 24.3 Å². The van der Waals surface area contributed by atoms with Crippen molar-refractivity contribution < 1.29 is 14.6 Å². The van der Waals surface area contributed by atoms with E-state index >= 15 is 0 Å². The Morgan fingerprint density at radius 1 is 1.56 bits per heavy atom. The van der Waals surface area contributed by atoms with Crippen LogP contribution in [-0.4, -0.2) is 31.3 Å². The third-order valence-electron chi connectivity index (χ3n) is 2.50. The Kier molecular flexibility index (Phi) is 2.81. The molecule has 0 radical (unpaired) electrons. The summed E-state index contributed by atoms with van der Waals surface area (Å²) in [4.78, 5) is 12.5. The minimum atomic E-state index is -0.948. The summed E-state index contributed by atoms with van der Waals surface area (Å²) in [5, 5.41) is 8.53. The number of benzene rings is 1. The molecule has 0 unspecified atom stereocenters. The molecule has 1 aromatic rings. The average molecular weight is 219 g/mol. The Hall–Kier alpha value is -1.97. The van der Waals surface area contributed by atoms with Gasteiger partial charge in [-0.05, 0) is 23.8 Å². The molecule has 0 saturated heterocycles. The summed E-state index contributed by atoms with van der Waals surface area (Å²) in [5.41, 5.74) is 1.87. The van der Waals surface area contributed by atoms with Gasteiger partial charge in [0, 0.05) is 13.1 Å². The highest BCUT2D eigenvalue weighted by Gasteiger charge is 2.14. The highest BCUT2D eigenvalue weighted by molar-refractivity contribution is 5.85. The molecule has 1 aromatic carbocycles. The van der Waals surface area contributed by atoms with E-state index in [-0.39, 0.29) is 0 Å². The van der Waals surface area contributed by atoms with Crippen molar-refractivity contribution in [3.05, 3.63) is 29.8 Å². The van der Waals surface area contributed by atoms with Crippen LogP contribution in [0.25, 0.3) is 6.08 Å². The third-order valence-corrected chi connectivity index (χ3v) is 2.50. The predicted octanol–water partition coefficient (Wildman–Crippen LogP) is 1.61. The summed E-state index contributed by atoms with van der Waals surface area (Å²) < 4.78 is 5.52. The van der Waals surface area contributed by atoms with E-state index in [1.807, 2.05) is 25.2 Å². The quantitative estimate of drug-likeness (QED) is 0.768. The van der Waals surface area contributed by atoms with Gasteiger partial charge in [0.2, 0.25) is 0 Å². The molecule has 0 aliphatic carbocycles. The molecule has 0 fully saturated rings. The lowest BCUT2D eigenvalue weighted by Gasteiger charge is -2.27. The van der Waals surface area contributed by atoms with Crippen molar-refractivity contribution in [3.63, 3.8) is 0 Å². The van der Waals surface area contributed by atoms with E-state index in [2.05, 4.69) is 4.90 Å². The van der Waals surface area contributed by atoms with Crippen molar-refractivity contribution in [1.29, 1.82) is 0 Å². The molecule has 84 valence electrons. The lowest BCUT2D eigenvalue weighted by atomic mass is 10.1. The van der Waals surface area contributed by atoms with Gasteiger partial charge in [-0.2, -0.15) is 0 Å². The number of carbonyl (C=O) groups is 1. The third kappa shape index (κ3) is 2.16. The lowest BCUT2D eigenvalue weighted by Crippen LogP contribution is -2.28. The van der Waals surface area contributed by atoms with E-state index < -0.39 is 5.97 Å². The van der Waals surface area contributed by atoms with E-state index in [1.54, 1.807) is 6.08 Å². The van der Waals surface area contributed by atoms with Crippen molar-refractivity contribution in [2.75, 3.05) is 25.1 Å². The van der Waals surface area contributed by atoms with Gasteiger partial charge in [0.15, 0.2) is 0 Å². The van der Waals surface area contributed by atoms with E-state index in [0.717, 1.165) is 29.6 Å². The van der Waals surface area contributed by atoms with Crippen molar-refractivity contribution in [2.45, 2.75) is 0 Å². The molecule has 16 heavy (non-hydrogen) atoms. The fourth-order valence-electron chi connectivity index (χ4n) is 1.65. The second-order valence-corrected chi connectivity index (χ2v) is 3.67. The van der Waals surface area contributed by atoms with Crippen molar-refractivity contribution in [2.24, 2.45) is 0 Å². The fraction of sp³-hybridized carbons (Fsp3) is 0.250. The van der Waals surface area contributed by atoms with Gasteiger partial charge in [-0.1, -0.05) is 6.07 Å². The molecule has 4 heteroatoms. The van der Waals surface area contributed by atoms with E-state index in [1.165, 1.54) is 0 Å². The minimum Gasteiger partial charge on any atom is -0.490 e. The molecule has 0 atom stereocenters. The maximum Gasteiger partial charge on any atom is 0.328 e. The van der Waals surface area contributed by atoms with Gasteiger partial charge < -0.3 is 14.7 Å². The van der Waals surface area contributed by atoms with Crippen LogP contribution in [0, 0.1) is 0 Å². The Morgan fingerprint density at radius 2 is 2.38 bits per heavy atom. The molecule has 4 nitrogen and oxygen atoms in total. The van der Waals surface area contributed by atoms with Crippen LogP contribution in [0.5, 0.6) is 5.75 Å². The zero-order valence-electron chi connectivity index (χ0n) is 9.01. The number of carboxylic acid groups (broad SMARTS) is 1. The van der Waals surface area contributed by atoms with Crippen LogP contribution in [0.3, 0.4) is 0 Å². The second-order valence-electron chi connectivity index (χ2n) is 3.67. The molecule has 1 N–H and O–H groups in total. The minimum absolute atomic E-state index is 0.662. The van der Waals surface area contributed by atoms with Gasteiger partial charge in [-0.25, -0.2) is 4.79 Å². The number of nitrogens with zero attached hydrogens (tertiary/aromatic N) is 1. The number of anilines is 1. The molecular weight excluding hydrogens is 206 g/mol. The van der Waals surface area contributed by atoms with Crippen LogP contribution in [0.2, 0.25) is 0 Å². The average Bonchev–Trinajstić information content (AvgIpc) is 2.26. The van der Waals surface area contributed by atoms with Crippen molar-refractivity contribution in [3.8, 4) is 5.75 Å². The van der Waals surface area contributed by atoms with Gasteiger partial charge in [-0.3, -0.25) is 0 Å². The molecule has 2 rings (SSSR count). The van der Waals surface area contributed by atoms with Crippen molar-refractivity contribution in [1.82, 2.24) is 0 Å². The number of likely N-dealkylation sites (N-methyl/N-ethyl adjacent to an activating group) is 1. The Morgan fingerprint density at radius 3 is 3.12 bits per heavy atom.